The average Bonchev–Trinajstić information content (AvgIpc) is 2.61. The van der Waals surface area contributed by atoms with Crippen LogP contribution in [0.4, 0.5) is 5.69 Å². The number of rotatable bonds is 6. The van der Waals surface area contributed by atoms with Crippen LogP contribution in [0.15, 0.2) is 42.5 Å². The molecule has 2 rings (SSSR count). The minimum atomic E-state index is -0.177. The highest BCUT2D eigenvalue weighted by Crippen LogP contribution is 2.25. The minimum absolute atomic E-state index is 0.112. The maximum Gasteiger partial charge on any atom is 0.226 e. The first-order valence-electron chi connectivity index (χ1n) is 8.94. The first-order chi connectivity index (χ1) is 13.1. The lowest BCUT2D eigenvalue weighted by Crippen LogP contribution is -2.34. The molecule has 0 bridgehead atoms. The molecule has 0 saturated carbocycles. The van der Waals surface area contributed by atoms with E-state index < -0.39 is 0 Å². The standard InChI is InChI=1S/C21H24Cl2N2O2S/c1-21(2,3)14-6-9-16(10-7-14)27-12-4-5-19(26)25-20(28)24-15-8-11-17(22)18(23)13-15/h6-11,13H,4-5,12H2,1-3H3,(H2,24,25,26,28). The van der Waals surface area contributed by atoms with Crippen molar-refractivity contribution in [3.8, 4) is 5.75 Å². The third-order valence-corrected chi connectivity index (χ3v) is 4.91. The molecule has 0 aliphatic heterocycles. The van der Waals surface area contributed by atoms with Gasteiger partial charge in [-0.1, -0.05) is 56.1 Å². The van der Waals surface area contributed by atoms with E-state index in [-0.39, 0.29) is 16.4 Å². The van der Waals surface area contributed by atoms with Gasteiger partial charge in [-0.3, -0.25) is 4.79 Å². The maximum atomic E-state index is 12.0. The quantitative estimate of drug-likeness (QED) is 0.431. The molecule has 0 heterocycles. The summed E-state index contributed by atoms with van der Waals surface area (Å²) in [5.74, 6) is 0.620. The summed E-state index contributed by atoms with van der Waals surface area (Å²) in [4.78, 5) is 12.0. The molecule has 2 aromatic rings. The number of hydrogen-bond donors (Lipinski definition) is 2. The Kier molecular flexibility index (Phi) is 8.10. The number of amides is 1. The molecule has 0 aromatic heterocycles. The van der Waals surface area contributed by atoms with Gasteiger partial charge < -0.3 is 15.4 Å². The van der Waals surface area contributed by atoms with Crippen molar-refractivity contribution < 1.29 is 9.53 Å². The Labute approximate surface area is 181 Å². The van der Waals surface area contributed by atoms with Gasteiger partial charge in [-0.05, 0) is 59.9 Å². The van der Waals surface area contributed by atoms with Gasteiger partial charge in [0.2, 0.25) is 5.91 Å². The summed E-state index contributed by atoms with van der Waals surface area (Å²) in [5, 5.41) is 6.61. The van der Waals surface area contributed by atoms with E-state index in [9.17, 15) is 4.79 Å². The minimum Gasteiger partial charge on any atom is -0.494 e. The summed E-state index contributed by atoms with van der Waals surface area (Å²) in [6.07, 6.45) is 0.894. The van der Waals surface area contributed by atoms with E-state index in [0.717, 1.165) is 5.75 Å². The Hall–Kier alpha value is -1.82. The number of ether oxygens (including phenoxy) is 1. The van der Waals surface area contributed by atoms with Crippen LogP contribution in [-0.4, -0.2) is 17.6 Å². The molecule has 0 spiro atoms. The summed E-state index contributed by atoms with van der Waals surface area (Å²) in [6.45, 7) is 6.96. The van der Waals surface area contributed by atoms with E-state index in [1.54, 1.807) is 18.2 Å². The van der Waals surface area contributed by atoms with E-state index in [0.29, 0.717) is 35.2 Å². The van der Waals surface area contributed by atoms with Crippen molar-refractivity contribution in [1.82, 2.24) is 5.32 Å². The van der Waals surface area contributed by atoms with Crippen molar-refractivity contribution in [2.75, 3.05) is 11.9 Å². The molecule has 150 valence electrons. The van der Waals surface area contributed by atoms with E-state index in [1.165, 1.54) is 5.56 Å². The van der Waals surface area contributed by atoms with Crippen LogP contribution in [0, 0.1) is 0 Å². The van der Waals surface area contributed by atoms with E-state index in [4.69, 9.17) is 40.2 Å². The predicted octanol–water partition coefficient (Wildman–Crippen LogP) is 5.96. The number of hydrogen-bond acceptors (Lipinski definition) is 3. The van der Waals surface area contributed by atoms with Crippen LogP contribution in [0.25, 0.3) is 0 Å². The van der Waals surface area contributed by atoms with Gasteiger partial charge in [0.25, 0.3) is 0 Å². The Bertz CT molecular complexity index is 833. The van der Waals surface area contributed by atoms with Gasteiger partial charge in [0.15, 0.2) is 5.11 Å². The fourth-order valence-corrected chi connectivity index (χ4v) is 2.93. The Morgan fingerprint density at radius 2 is 1.75 bits per heavy atom. The lowest BCUT2D eigenvalue weighted by Gasteiger charge is -2.19. The van der Waals surface area contributed by atoms with Crippen LogP contribution in [0.3, 0.4) is 0 Å². The summed E-state index contributed by atoms with van der Waals surface area (Å²) in [5.41, 5.74) is 2.02. The fraction of sp³-hybridized carbons (Fsp3) is 0.333. The fourth-order valence-electron chi connectivity index (χ4n) is 2.40. The highest BCUT2D eigenvalue weighted by Gasteiger charge is 2.13. The number of carbonyl (C=O) groups excluding carboxylic acids is 1. The molecule has 0 fully saturated rings. The highest BCUT2D eigenvalue weighted by molar-refractivity contribution is 7.80. The molecule has 0 unspecified atom stereocenters. The third-order valence-electron chi connectivity index (χ3n) is 3.97. The third kappa shape index (κ3) is 7.30. The molecule has 4 nitrogen and oxygen atoms in total. The summed E-state index contributed by atoms with van der Waals surface area (Å²) in [7, 11) is 0. The zero-order valence-electron chi connectivity index (χ0n) is 16.1. The molecule has 2 aromatic carbocycles. The lowest BCUT2D eigenvalue weighted by atomic mass is 9.87. The van der Waals surface area contributed by atoms with E-state index in [1.807, 2.05) is 12.1 Å². The monoisotopic (exact) mass is 438 g/mol. The first kappa shape index (κ1) is 22.5. The molecule has 7 heteroatoms. The zero-order valence-corrected chi connectivity index (χ0v) is 18.5. The molecular formula is C21H24Cl2N2O2S. The highest BCUT2D eigenvalue weighted by atomic mass is 35.5. The summed E-state index contributed by atoms with van der Waals surface area (Å²) >= 11 is 17.0. The van der Waals surface area contributed by atoms with Gasteiger partial charge in [-0.15, -0.1) is 0 Å². The summed E-state index contributed by atoms with van der Waals surface area (Å²) in [6, 6.07) is 13.1. The molecule has 28 heavy (non-hydrogen) atoms. The molecule has 1 amide bonds. The second-order valence-electron chi connectivity index (χ2n) is 7.36. The second kappa shape index (κ2) is 10.1. The Balaban J connectivity index is 1.69. The van der Waals surface area contributed by atoms with E-state index in [2.05, 4.69) is 43.5 Å². The maximum absolute atomic E-state index is 12.0. The SMILES string of the molecule is CC(C)(C)c1ccc(OCCCC(=O)NC(=S)Nc2ccc(Cl)c(Cl)c2)cc1. The molecular weight excluding hydrogens is 415 g/mol. The lowest BCUT2D eigenvalue weighted by molar-refractivity contribution is -0.119. The number of benzene rings is 2. The number of halogens is 2. The van der Waals surface area contributed by atoms with Crippen LogP contribution in [0.5, 0.6) is 5.75 Å². The van der Waals surface area contributed by atoms with Gasteiger partial charge in [0.05, 0.1) is 16.7 Å². The van der Waals surface area contributed by atoms with Gasteiger partial charge in [-0.25, -0.2) is 0 Å². The molecule has 0 radical (unpaired) electrons. The number of nitrogens with one attached hydrogen (secondary N) is 2. The van der Waals surface area contributed by atoms with Gasteiger partial charge in [-0.2, -0.15) is 0 Å². The zero-order chi connectivity index (χ0) is 20.7. The molecule has 0 saturated heterocycles. The van der Waals surface area contributed by atoms with Crippen LogP contribution in [-0.2, 0) is 10.2 Å². The Morgan fingerprint density at radius 3 is 2.36 bits per heavy atom. The predicted molar refractivity (Wildman–Crippen MR) is 121 cm³/mol. The van der Waals surface area contributed by atoms with Crippen molar-refractivity contribution in [1.29, 1.82) is 0 Å². The van der Waals surface area contributed by atoms with E-state index >= 15 is 0 Å². The molecule has 0 aliphatic carbocycles. The second-order valence-corrected chi connectivity index (χ2v) is 8.58. The summed E-state index contributed by atoms with van der Waals surface area (Å²) < 4.78 is 5.69. The first-order valence-corrected chi connectivity index (χ1v) is 10.1. The van der Waals surface area contributed by atoms with Crippen molar-refractivity contribution in [3.05, 3.63) is 58.1 Å². The normalized spacial score (nSPS) is 11.0. The molecule has 2 N–H and O–H groups in total. The molecule has 0 aliphatic rings. The van der Waals surface area contributed by atoms with Crippen molar-refractivity contribution in [2.45, 2.75) is 39.0 Å². The van der Waals surface area contributed by atoms with Crippen LogP contribution >= 0.6 is 35.4 Å². The smallest absolute Gasteiger partial charge is 0.226 e. The van der Waals surface area contributed by atoms with Gasteiger partial charge >= 0.3 is 0 Å². The number of anilines is 1. The van der Waals surface area contributed by atoms with Crippen molar-refractivity contribution in [2.24, 2.45) is 0 Å². The average molecular weight is 439 g/mol. The molecule has 0 atom stereocenters. The Morgan fingerprint density at radius 1 is 1.07 bits per heavy atom. The largest absolute Gasteiger partial charge is 0.494 e. The van der Waals surface area contributed by atoms with Crippen LogP contribution in [0.2, 0.25) is 10.0 Å². The van der Waals surface area contributed by atoms with Crippen molar-refractivity contribution in [3.63, 3.8) is 0 Å². The van der Waals surface area contributed by atoms with Gasteiger partial charge in [0.1, 0.15) is 5.75 Å². The number of thiocarbonyl (C=S) groups is 1. The van der Waals surface area contributed by atoms with Crippen LogP contribution < -0.4 is 15.4 Å². The van der Waals surface area contributed by atoms with Gasteiger partial charge in [0, 0.05) is 12.1 Å². The number of carbonyl (C=O) groups is 1. The van der Waals surface area contributed by atoms with Crippen LogP contribution in [0.1, 0.15) is 39.2 Å². The topological polar surface area (TPSA) is 50.4 Å². The van der Waals surface area contributed by atoms with Crippen molar-refractivity contribution >= 4 is 52.1 Å².